The van der Waals surface area contributed by atoms with Crippen LogP contribution in [0.2, 0.25) is 5.02 Å². The molecule has 7 heteroatoms. The molecule has 0 spiro atoms. The molecule has 1 N–H and O–H groups in total. The first kappa shape index (κ1) is 25.1. The van der Waals surface area contributed by atoms with Crippen molar-refractivity contribution in [1.82, 2.24) is 5.32 Å². The van der Waals surface area contributed by atoms with E-state index in [1.165, 1.54) is 29.5 Å². The number of rotatable bonds is 6. The van der Waals surface area contributed by atoms with E-state index in [9.17, 15) is 14.0 Å². The number of fused-ring (bicyclic) bond motifs is 2. The minimum absolute atomic E-state index is 0.137. The summed E-state index contributed by atoms with van der Waals surface area (Å²) in [6.07, 6.45) is 0.718. The van der Waals surface area contributed by atoms with Gasteiger partial charge in [0.2, 0.25) is 0 Å². The number of amides is 2. The van der Waals surface area contributed by atoms with Gasteiger partial charge in [-0.1, -0.05) is 71.4 Å². The molecule has 0 saturated heterocycles. The smallest absolute Gasteiger partial charge is 0.259 e. The quantitative estimate of drug-likeness (QED) is 0.290. The normalized spacial score (nSPS) is 12.5. The molecule has 0 bridgehead atoms. The molecule has 5 rings (SSSR count). The monoisotopic (exact) mass is 530 g/mol. The van der Waals surface area contributed by atoms with Gasteiger partial charge in [0.15, 0.2) is 0 Å². The highest BCUT2D eigenvalue weighted by Gasteiger charge is 2.28. The molecular formula is C30H24ClFN2O2S. The topological polar surface area (TPSA) is 49.4 Å². The van der Waals surface area contributed by atoms with E-state index in [4.69, 9.17) is 11.6 Å². The average Bonchev–Trinajstić information content (AvgIpc) is 3.00. The summed E-state index contributed by atoms with van der Waals surface area (Å²) < 4.78 is 13.7. The Bertz CT molecular complexity index is 1490. The fraction of sp³-hybridized carbons (Fsp3) is 0.133. The van der Waals surface area contributed by atoms with E-state index in [1.807, 2.05) is 31.2 Å². The van der Waals surface area contributed by atoms with E-state index in [-0.39, 0.29) is 23.4 Å². The predicted molar refractivity (Wildman–Crippen MR) is 146 cm³/mol. The summed E-state index contributed by atoms with van der Waals surface area (Å²) >= 11 is 7.79. The molecule has 0 unspecified atom stereocenters. The van der Waals surface area contributed by atoms with Crippen molar-refractivity contribution in [3.05, 3.63) is 124 Å². The Morgan fingerprint density at radius 2 is 1.76 bits per heavy atom. The molecule has 0 radical (unpaired) electrons. The molecular weight excluding hydrogens is 507 g/mol. The Balaban J connectivity index is 1.44. The number of aryl methyl sites for hydroxylation is 1. The summed E-state index contributed by atoms with van der Waals surface area (Å²) in [4.78, 5) is 30.0. The van der Waals surface area contributed by atoms with Crippen LogP contribution in [-0.4, -0.2) is 18.4 Å². The molecule has 4 aromatic rings. The highest BCUT2D eigenvalue weighted by atomic mass is 35.5. The van der Waals surface area contributed by atoms with Crippen molar-refractivity contribution in [2.75, 3.05) is 11.4 Å². The maximum Gasteiger partial charge on any atom is 0.259 e. The van der Waals surface area contributed by atoms with Gasteiger partial charge in [0.05, 0.1) is 17.8 Å². The molecule has 4 aromatic carbocycles. The summed E-state index contributed by atoms with van der Waals surface area (Å²) in [5, 5.41) is 3.22. The van der Waals surface area contributed by atoms with Gasteiger partial charge in [-0.2, -0.15) is 0 Å². The van der Waals surface area contributed by atoms with Gasteiger partial charge in [-0.25, -0.2) is 4.39 Å². The van der Waals surface area contributed by atoms with Crippen LogP contribution in [0.15, 0.2) is 94.7 Å². The molecule has 1 aliphatic heterocycles. The van der Waals surface area contributed by atoms with Crippen LogP contribution in [0.5, 0.6) is 0 Å². The highest BCUT2D eigenvalue weighted by Crippen LogP contribution is 2.42. The number of nitrogens with zero attached hydrogens (tertiary/aromatic N) is 1. The first-order valence-corrected chi connectivity index (χ1v) is 13.1. The third-order valence-corrected chi connectivity index (χ3v) is 7.75. The summed E-state index contributed by atoms with van der Waals surface area (Å²) in [5.74, 6) is -0.866. The van der Waals surface area contributed by atoms with E-state index in [0.717, 1.165) is 21.8 Å². The lowest BCUT2D eigenvalue weighted by Crippen LogP contribution is -2.31. The molecule has 37 heavy (non-hydrogen) atoms. The van der Waals surface area contributed by atoms with Crippen molar-refractivity contribution in [3.63, 3.8) is 0 Å². The Kier molecular flexibility index (Phi) is 7.31. The van der Waals surface area contributed by atoms with Gasteiger partial charge < -0.3 is 10.2 Å². The van der Waals surface area contributed by atoms with E-state index < -0.39 is 5.82 Å². The van der Waals surface area contributed by atoms with Crippen molar-refractivity contribution in [2.24, 2.45) is 0 Å². The molecule has 0 aromatic heterocycles. The standard InChI is InChI=1S/C30H24ClFN2O2S/c1-19-6-8-20(9-7-19)14-15-33-29(35)21-11-13-28-26(16-21)34(18-22-10-12-23(32)17-25(22)31)30(36)24-4-2-3-5-27(24)37-28/h2-13,16-17H,14-15,18H2,1H3,(H,33,35). The van der Waals surface area contributed by atoms with Gasteiger partial charge in [-0.15, -0.1) is 0 Å². The summed E-state index contributed by atoms with van der Waals surface area (Å²) in [5.41, 5.74) is 4.58. The second-order valence-electron chi connectivity index (χ2n) is 8.90. The lowest BCUT2D eigenvalue weighted by molar-refractivity contribution is 0.0950. The van der Waals surface area contributed by atoms with Crippen molar-refractivity contribution in [3.8, 4) is 0 Å². The lowest BCUT2D eigenvalue weighted by atomic mass is 10.1. The van der Waals surface area contributed by atoms with Gasteiger partial charge in [-0.05, 0) is 66.9 Å². The van der Waals surface area contributed by atoms with Gasteiger partial charge >= 0.3 is 0 Å². The Morgan fingerprint density at radius 3 is 2.54 bits per heavy atom. The van der Waals surface area contributed by atoms with Crippen LogP contribution < -0.4 is 10.2 Å². The predicted octanol–water partition coefficient (Wildman–Crippen LogP) is 7.07. The molecule has 0 aliphatic carbocycles. The fourth-order valence-corrected chi connectivity index (χ4v) is 5.50. The number of carbonyl (C=O) groups is 2. The van der Waals surface area contributed by atoms with E-state index >= 15 is 0 Å². The van der Waals surface area contributed by atoms with Gasteiger partial charge in [-0.3, -0.25) is 9.59 Å². The summed E-state index contributed by atoms with van der Waals surface area (Å²) in [6.45, 7) is 2.67. The Hall–Kier alpha value is -3.61. The lowest BCUT2D eigenvalue weighted by Gasteiger charge is -2.24. The summed E-state index contributed by atoms with van der Waals surface area (Å²) in [6, 6.07) is 25.1. The molecule has 0 fully saturated rings. The van der Waals surface area contributed by atoms with E-state index in [2.05, 4.69) is 29.6 Å². The first-order valence-electron chi connectivity index (χ1n) is 11.9. The van der Waals surface area contributed by atoms with E-state index in [1.54, 1.807) is 29.2 Å². The number of carbonyl (C=O) groups excluding carboxylic acids is 2. The van der Waals surface area contributed by atoms with Crippen LogP contribution >= 0.6 is 23.4 Å². The van der Waals surface area contributed by atoms with Gasteiger partial charge in [0, 0.05) is 26.9 Å². The molecule has 0 atom stereocenters. The Labute approximate surface area is 224 Å². The SMILES string of the molecule is Cc1ccc(CCNC(=O)c2ccc3c(c2)N(Cc2ccc(F)cc2Cl)C(=O)c2ccccc2S3)cc1. The van der Waals surface area contributed by atoms with Gasteiger partial charge in [0.1, 0.15) is 5.82 Å². The average molecular weight is 531 g/mol. The zero-order valence-corrected chi connectivity index (χ0v) is 21.7. The second-order valence-corrected chi connectivity index (χ2v) is 10.4. The Morgan fingerprint density at radius 1 is 0.973 bits per heavy atom. The maximum absolute atomic E-state index is 13.7. The van der Waals surface area contributed by atoms with E-state index in [0.29, 0.717) is 28.9 Å². The van der Waals surface area contributed by atoms with Crippen LogP contribution in [0.4, 0.5) is 10.1 Å². The minimum Gasteiger partial charge on any atom is -0.352 e. The van der Waals surface area contributed by atoms with Crippen LogP contribution in [0.3, 0.4) is 0 Å². The highest BCUT2D eigenvalue weighted by molar-refractivity contribution is 7.99. The van der Waals surface area contributed by atoms with Gasteiger partial charge in [0.25, 0.3) is 11.8 Å². The summed E-state index contributed by atoms with van der Waals surface area (Å²) in [7, 11) is 0. The first-order chi connectivity index (χ1) is 17.9. The fourth-order valence-electron chi connectivity index (χ4n) is 4.22. The van der Waals surface area contributed by atoms with Crippen LogP contribution in [0.25, 0.3) is 0 Å². The zero-order chi connectivity index (χ0) is 25.9. The van der Waals surface area contributed by atoms with Crippen LogP contribution in [-0.2, 0) is 13.0 Å². The van der Waals surface area contributed by atoms with Crippen molar-refractivity contribution < 1.29 is 14.0 Å². The number of nitrogens with one attached hydrogen (secondary N) is 1. The van der Waals surface area contributed by atoms with Crippen LogP contribution in [0, 0.1) is 12.7 Å². The third-order valence-electron chi connectivity index (χ3n) is 6.26. The third kappa shape index (κ3) is 5.55. The minimum atomic E-state index is -0.443. The van der Waals surface area contributed by atoms with Crippen LogP contribution in [0.1, 0.15) is 37.4 Å². The largest absolute Gasteiger partial charge is 0.352 e. The molecule has 1 aliphatic rings. The molecule has 4 nitrogen and oxygen atoms in total. The van der Waals surface area contributed by atoms with Crippen molar-refractivity contribution in [2.45, 2.75) is 29.7 Å². The number of anilines is 1. The number of benzene rings is 4. The van der Waals surface area contributed by atoms with Crippen molar-refractivity contribution >= 4 is 40.9 Å². The zero-order valence-electron chi connectivity index (χ0n) is 20.1. The molecule has 0 saturated carbocycles. The number of hydrogen-bond acceptors (Lipinski definition) is 3. The number of hydrogen-bond donors (Lipinski definition) is 1. The molecule has 186 valence electrons. The molecule has 2 amide bonds. The maximum atomic E-state index is 13.7. The molecule has 1 heterocycles. The number of halogens is 2. The second kappa shape index (κ2) is 10.8. The van der Waals surface area contributed by atoms with Crippen molar-refractivity contribution in [1.29, 1.82) is 0 Å².